The molecule has 0 aromatic carbocycles. The topological polar surface area (TPSA) is 26.3 Å². The van der Waals surface area contributed by atoms with Gasteiger partial charge >= 0.3 is 5.30 Å². The van der Waals surface area contributed by atoms with E-state index in [-0.39, 0.29) is 0 Å². The lowest BCUT2D eigenvalue weighted by atomic mass is 10.2. The Hall–Kier alpha value is 18.1. The van der Waals surface area contributed by atoms with E-state index in [1.165, 1.54) is 0 Å². The van der Waals surface area contributed by atoms with Crippen LogP contribution in [-0.4, -0.2) is 10.9 Å². The molecule has 0 radical (unpaired) electrons. The third kappa shape index (κ3) is 15.9. The molecular weight excluding hydrogens is 2390 g/mol. The molecule has 74 heteroatoms. The maximum atomic E-state index is 15.4. The molecule has 2 nitrogen and oxygen atoms in total. The quantitative estimate of drug-likeness (QED) is 0.0845. The molecule has 0 aromatic heterocycles. The molecule has 0 spiro atoms. The highest BCUT2D eigenvalue weighted by Gasteiger charge is 2.48. The van der Waals surface area contributed by atoms with E-state index in [4.69, 9.17) is 531 Å². The Labute approximate surface area is 680 Å². The molecule has 0 amide bonds. The summed E-state index contributed by atoms with van der Waals surface area (Å²) >= 11 is 279. The zero-order valence-electron chi connectivity index (χ0n) is 34.2. The SMILES string of the molecule is CC(C)(C)OC(=O)S(=S)S(=S)(=S)S(=S)(=S)S(=S)(=S)S(=S)(=S)S(=S)(=S)S(=S)(=S)S(=S)(=S)S(=S)(=S)S(=S)(=S)S(=S)(=S)S(=S)(=S)S(=S)(=S)S(=S)(=S)S(=S)(=S)S(=S)(=S)S(=S)(=S)S(=S)(=S)S(=S)(=S)S(=S)(=S)S(=S)(=S)S(=S)(=S)S(=S)(=S)S(F)(=S)=S. The second-order valence-electron chi connectivity index (χ2n) is 12.1. The maximum absolute atomic E-state index is 15.4. The molecule has 0 aliphatic carbocycles. The first-order valence-corrected chi connectivity index (χ1v) is 108. The summed E-state index contributed by atoms with van der Waals surface area (Å²) in [7, 11) is -2.06. The van der Waals surface area contributed by atoms with Gasteiger partial charge in [-0.1, -0.05) is 0 Å². The van der Waals surface area contributed by atoms with E-state index in [1.807, 2.05) is 0 Å². The van der Waals surface area contributed by atoms with Crippen LogP contribution in [0.3, 0.4) is 0 Å². The van der Waals surface area contributed by atoms with Gasteiger partial charge in [-0.2, -0.15) is 0 Å². The van der Waals surface area contributed by atoms with Crippen molar-refractivity contribution in [3.05, 3.63) is 0 Å². The predicted molar refractivity (Wildman–Crippen MR) is 550 cm³/mol. The molecule has 474 valence electrons. The van der Waals surface area contributed by atoms with Crippen LogP contribution in [0.4, 0.5) is 8.68 Å². The number of carbonyl (C=O) groups is 1. The van der Waals surface area contributed by atoms with E-state index in [2.05, 4.69) is 0 Å². The van der Waals surface area contributed by atoms with Crippen LogP contribution in [0.1, 0.15) is 20.8 Å². The second-order valence-corrected chi connectivity index (χ2v) is 256. The van der Waals surface area contributed by atoms with Gasteiger partial charge in [0.1, 0.15) is 12.2 Å². The smallest absolute Gasteiger partial charge is 0.383 e. The molecule has 0 bridgehead atoms. The van der Waals surface area contributed by atoms with Crippen LogP contribution in [0.15, 0.2) is 0 Å². The Morgan fingerprint density at radius 2 is 0.380 bits per heavy atom. The highest BCUT2D eigenvalue weighted by Crippen LogP contribution is 2.45. The van der Waals surface area contributed by atoms with E-state index < -0.39 is 141 Å². The fourth-order valence-corrected chi connectivity index (χ4v) is 530. The third-order valence-electron chi connectivity index (χ3n) is 6.20. The van der Waals surface area contributed by atoms with E-state index in [1.54, 1.807) is 20.8 Å². The van der Waals surface area contributed by atoms with Gasteiger partial charge in [-0.15, -0.1) is 3.89 Å². The van der Waals surface area contributed by atoms with Gasteiger partial charge in [0, 0.05) is 109 Å². The van der Waals surface area contributed by atoms with Gasteiger partial charge in [-0.3, -0.25) is 0 Å². The number of rotatable bonds is 23. The Balaban J connectivity index is 8.57. The average Bonchev–Trinajstić information content (AvgIpc) is 3.20. The second kappa shape index (κ2) is 30.4. The Morgan fingerprint density at radius 1 is 0.266 bits per heavy atom. The summed E-state index contributed by atoms with van der Waals surface area (Å²) in [5, 5.41) is -88.0. The largest absolute Gasteiger partial charge is 0.451 e. The highest BCUT2D eigenvalue weighted by molar-refractivity contribution is 9.81. The van der Waals surface area contributed by atoms with Crippen LogP contribution in [0.25, 0.3) is 0 Å². The van der Waals surface area contributed by atoms with Gasteiger partial charge in [-0.25, -0.2) is 4.79 Å². The van der Waals surface area contributed by atoms with E-state index >= 15 is 3.89 Å². The van der Waals surface area contributed by atoms with E-state index in [0.717, 1.165) is 0 Å². The Morgan fingerprint density at radius 3 is 0.494 bits per heavy atom. The van der Waals surface area contributed by atoms with Crippen molar-refractivity contribution in [2.75, 3.05) is 0 Å². The number of hydrogen-bond acceptors (Lipinski definition) is 49. The fraction of sp³-hybridized carbons (Fsp3) is 0.800. The van der Waals surface area contributed by atoms with Gasteiger partial charge in [0.2, 0.25) is 0 Å². The van der Waals surface area contributed by atoms with Gasteiger partial charge in [0.25, 0.3) is 0 Å². The van der Waals surface area contributed by atoms with E-state index in [0.29, 0.717) is 0 Å². The summed E-state index contributed by atoms with van der Waals surface area (Å²) in [4.78, 5) is 13.3. The standard InChI is InChI=1S/C5H9FO2S71/c1-5(2,3)8-4(7)56(9)58(12,13)60(16,17)62(20,21)64(24,25)66(28,29)68(32,33)70(36,37)72(40,41)74(44,45)76(48,49)78(52,53)79(54,55)77(50,51)75(46,47)73(42,43)71(38,39)69(34,35)67(30,31)65(26,27)63(22,23)61(18,19)59(14,15)57(6,10)11/h1-3H3. The van der Waals surface area contributed by atoms with Crippen LogP contribution in [-0.2, 0) is 660 Å². The molecule has 0 saturated heterocycles. The van der Waals surface area contributed by atoms with Crippen LogP contribution < -0.4 is 0 Å². The summed E-state index contributed by atoms with van der Waals surface area (Å²) in [6, 6.07) is 0. The third-order valence-corrected chi connectivity index (χ3v) is 452. The van der Waals surface area contributed by atoms with Crippen molar-refractivity contribution in [1.82, 2.24) is 0 Å². The van der Waals surface area contributed by atoms with Gasteiger partial charge in [0.15, 0.2) is 0 Å². The van der Waals surface area contributed by atoms with Crippen molar-refractivity contribution in [3.8, 4) is 0 Å². The van der Waals surface area contributed by atoms with Crippen molar-refractivity contribution in [1.29, 1.82) is 0 Å². The number of halogens is 1. The number of hydrogen-bond donors (Lipinski definition) is 0. The first-order chi connectivity index (χ1) is 33.0. The fourth-order valence-electron chi connectivity index (χ4n) is 2.58. The Kier molecular flexibility index (Phi) is 37.4. The van der Waals surface area contributed by atoms with Gasteiger partial charge in [-0.05, 0) is 547 Å². The van der Waals surface area contributed by atoms with Crippen molar-refractivity contribution < 1.29 is 13.4 Å². The lowest BCUT2D eigenvalue weighted by Gasteiger charge is -2.37. The van der Waals surface area contributed by atoms with Gasteiger partial charge in [0.05, 0.1) is 13.7 Å². The van der Waals surface area contributed by atoms with Gasteiger partial charge < -0.3 is 4.74 Å². The minimum Gasteiger partial charge on any atom is -0.451 e. The summed E-state index contributed by atoms with van der Waals surface area (Å²) in [6.07, 6.45) is 0. The molecule has 79 heavy (non-hydrogen) atoms. The van der Waals surface area contributed by atoms with Crippen molar-refractivity contribution >= 4 is 661 Å². The molecular formula is C5H9FO2S71. The maximum Gasteiger partial charge on any atom is 0.383 e. The first-order valence-electron chi connectivity index (χ1n) is 14.1. The zero-order chi connectivity index (χ0) is 65.9. The lowest BCUT2D eigenvalue weighted by Crippen LogP contribution is -2.40. The molecule has 0 aliphatic heterocycles. The summed E-state index contributed by atoms with van der Waals surface area (Å²) in [5.41, 5.74) is -1.03. The monoisotopic (exact) mass is 2390 g/mol. The van der Waals surface area contributed by atoms with Crippen LogP contribution in [0, 0.1) is 0 Å². The molecule has 0 aromatic rings. The number of ether oxygens (including phenoxy) is 1. The normalized spacial score (nSPS) is 17.0. The average molecular weight is 2400 g/mol. The minimum absolute atomic E-state index is 0.979. The molecule has 1 atom stereocenters. The molecule has 1 unspecified atom stereocenters. The summed E-state index contributed by atoms with van der Waals surface area (Å²) in [5.74, 6) is 0. The Bertz CT molecular complexity index is 5630. The molecule has 0 saturated carbocycles. The summed E-state index contributed by atoms with van der Waals surface area (Å²) < 4.78 is 20.9. The predicted octanol–water partition coefficient (Wildman–Crippen LogP) is 1.72. The highest BCUT2D eigenvalue weighted by atomic mass is 34.5. The zero-order valence-corrected chi connectivity index (χ0v) is 92.2. The number of carbonyl (C=O) groups excluding carboxylic acids is 1. The molecule has 0 aliphatic rings. The molecule has 0 fully saturated rings. The van der Waals surface area contributed by atoms with Crippen molar-refractivity contribution in [3.63, 3.8) is 0 Å². The van der Waals surface area contributed by atoms with Crippen LogP contribution >= 0.6 is 0 Å². The first kappa shape index (κ1) is 97.1. The van der Waals surface area contributed by atoms with Crippen LogP contribution in [0.2, 0.25) is 0 Å². The molecule has 0 rings (SSSR count). The van der Waals surface area contributed by atoms with E-state index in [9.17, 15) is 4.79 Å². The molecule has 0 N–H and O–H groups in total. The van der Waals surface area contributed by atoms with Crippen molar-refractivity contribution in [2.45, 2.75) is 26.4 Å². The lowest BCUT2D eigenvalue weighted by molar-refractivity contribution is 0.0738. The minimum atomic E-state index is -4.20. The van der Waals surface area contributed by atoms with Crippen molar-refractivity contribution in [2.24, 2.45) is 0 Å². The van der Waals surface area contributed by atoms with Crippen LogP contribution in [0.5, 0.6) is 0 Å². The molecule has 0 heterocycles. The summed E-state index contributed by atoms with van der Waals surface area (Å²) in [6.45, 7) is 0.536.